The van der Waals surface area contributed by atoms with Crippen LogP contribution in [0, 0.1) is 0 Å². The van der Waals surface area contributed by atoms with Gasteiger partial charge in [-0.3, -0.25) is 0 Å². The normalized spacial score (nSPS) is 12.3. The van der Waals surface area contributed by atoms with Crippen molar-refractivity contribution in [3.05, 3.63) is 52.5 Å². The highest BCUT2D eigenvalue weighted by Gasteiger charge is 2.04. The van der Waals surface area contributed by atoms with Crippen molar-refractivity contribution in [1.82, 2.24) is 9.97 Å². The van der Waals surface area contributed by atoms with Crippen LogP contribution in [-0.4, -0.2) is 16.0 Å². The van der Waals surface area contributed by atoms with Crippen LogP contribution in [0.15, 0.2) is 46.0 Å². The van der Waals surface area contributed by atoms with E-state index in [0.717, 1.165) is 34.5 Å². The lowest BCUT2D eigenvalue weighted by molar-refractivity contribution is 0.642. The minimum Gasteiger partial charge on any atom is -0.327 e. The summed E-state index contributed by atoms with van der Waals surface area (Å²) in [5.41, 5.74) is 7.03. The molecule has 1 aromatic carbocycles. The molecule has 0 radical (unpaired) electrons. The number of halogens is 1. The lowest BCUT2D eigenvalue weighted by atomic mass is 10.1. The molecule has 0 saturated carbocycles. The van der Waals surface area contributed by atoms with Crippen molar-refractivity contribution in [1.29, 1.82) is 0 Å². The van der Waals surface area contributed by atoms with Crippen molar-refractivity contribution in [3.8, 4) is 0 Å². The Morgan fingerprint density at radius 3 is 2.45 bits per heavy atom. The van der Waals surface area contributed by atoms with E-state index < -0.39 is 0 Å². The molecule has 2 rings (SSSR count). The van der Waals surface area contributed by atoms with Gasteiger partial charge < -0.3 is 5.73 Å². The smallest absolute Gasteiger partial charge is 0.138 e. The molecule has 20 heavy (non-hydrogen) atoms. The van der Waals surface area contributed by atoms with Gasteiger partial charge in [-0.25, -0.2) is 9.97 Å². The Morgan fingerprint density at radius 2 is 1.85 bits per heavy atom. The van der Waals surface area contributed by atoms with Crippen LogP contribution < -0.4 is 5.73 Å². The first-order valence-electron chi connectivity index (χ1n) is 6.61. The lowest BCUT2D eigenvalue weighted by Gasteiger charge is -2.08. The molecule has 2 N–H and O–H groups in total. The second kappa shape index (κ2) is 7.76. The summed E-state index contributed by atoms with van der Waals surface area (Å²) in [7, 11) is 0. The number of nitrogens with two attached hydrogens (primary N) is 1. The molecule has 1 unspecified atom stereocenters. The highest BCUT2D eigenvalue weighted by atomic mass is 79.9. The molecule has 1 heterocycles. The van der Waals surface area contributed by atoms with Gasteiger partial charge in [0.15, 0.2) is 0 Å². The number of hydrogen-bond donors (Lipinski definition) is 1. The lowest BCUT2D eigenvalue weighted by Crippen LogP contribution is -2.21. The summed E-state index contributed by atoms with van der Waals surface area (Å²) < 4.78 is 1.09. The third-order valence-electron chi connectivity index (χ3n) is 2.96. The predicted molar refractivity (Wildman–Crippen MR) is 87.7 cm³/mol. The molecule has 0 fully saturated rings. The van der Waals surface area contributed by atoms with Crippen molar-refractivity contribution in [3.63, 3.8) is 0 Å². The fourth-order valence-electron chi connectivity index (χ4n) is 1.69. The first-order chi connectivity index (χ1) is 9.67. The third kappa shape index (κ3) is 4.89. The first-order valence-corrected chi connectivity index (χ1v) is 8.39. The Bertz CT molecular complexity index is 528. The zero-order chi connectivity index (χ0) is 14.4. The fraction of sp³-hybridized carbons (Fsp3) is 0.333. The molecule has 106 valence electrons. The quantitative estimate of drug-likeness (QED) is 0.804. The molecule has 0 aliphatic rings. The van der Waals surface area contributed by atoms with Crippen LogP contribution in [-0.2, 0) is 12.2 Å². The van der Waals surface area contributed by atoms with E-state index in [2.05, 4.69) is 45.0 Å². The average molecular weight is 352 g/mol. The fourth-order valence-corrected chi connectivity index (χ4v) is 2.72. The summed E-state index contributed by atoms with van der Waals surface area (Å²) in [6.45, 7) is 2.09. The van der Waals surface area contributed by atoms with Gasteiger partial charge in [0.1, 0.15) is 5.82 Å². The summed E-state index contributed by atoms with van der Waals surface area (Å²) in [6, 6.07) is 8.45. The maximum absolute atomic E-state index is 5.93. The van der Waals surface area contributed by atoms with E-state index in [1.54, 1.807) is 11.8 Å². The van der Waals surface area contributed by atoms with Crippen LogP contribution in [0.3, 0.4) is 0 Å². The second-order valence-electron chi connectivity index (χ2n) is 4.62. The number of hydrogen-bond acceptors (Lipinski definition) is 4. The van der Waals surface area contributed by atoms with E-state index >= 15 is 0 Å². The van der Waals surface area contributed by atoms with Gasteiger partial charge in [-0.1, -0.05) is 22.9 Å². The van der Waals surface area contributed by atoms with Crippen LogP contribution in [0.5, 0.6) is 0 Å². The molecule has 0 amide bonds. The van der Waals surface area contributed by atoms with Crippen molar-refractivity contribution >= 4 is 27.7 Å². The maximum atomic E-state index is 5.93. The van der Waals surface area contributed by atoms with E-state index in [4.69, 9.17) is 5.73 Å². The first kappa shape index (κ1) is 15.5. The molecule has 1 aromatic heterocycles. The molecule has 0 aliphatic carbocycles. The van der Waals surface area contributed by atoms with E-state index in [-0.39, 0.29) is 6.04 Å². The summed E-state index contributed by atoms with van der Waals surface area (Å²) >= 11 is 5.17. The summed E-state index contributed by atoms with van der Waals surface area (Å²) in [6.07, 6.45) is 5.60. The van der Waals surface area contributed by atoms with Crippen molar-refractivity contribution in [2.75, 3.05) is 0 Å². The number of thioether (sulfide) groups is 1. The topological polar surface area (TPSA) is 51.8 Å². The Labute approximate surface area is 132 Å². The minimum atomic E-state index is 0.196. The van der Waals surface area contributed by atoms with Crippen molar-refractivity contribution in [2.45, 2.75) is 36.5 Å². The number of benzene rings is 1. The highest BCUT2D eigenvalue weighted by molar-refractivity contribution is 9.10. The van der Waals surface area contributed by atoms with Crippen molar-refractivity contribution < 1.29 is 0 Å². The summed E-state index contributed by atoms with van der Waals surface area (Å²) in [4.78, 5) is 10.0. The molecule has 0 spiro atoms. The highest BCUT2D eigenvalue weighted by Crippen LogP contribution is 2.23. The van der Waals surface area contributed by atoms with E-state index in [1.807, 2.05) is 24.5 Å². The molecule has 0 bridgehead atoms. The van der Waals surface area contributed by atoms with Gasteiger partial charge in [0.05, 0.1) is 5.75 Å². The van der Waals surface area contributed by atoms with Crippen molar-refractivity contribution in [2.24, 2.45) is 5.73 Å². The van der Waals surface area contributed by atoms with Crippen LogP contribution in [0.2, 0.25) is 0 Å². The number of aromatic nitrogens is 2. The van der Waals surface area contributed by atoms with Gasteiger partial charge in [-0.2, -0.15) is 0 Å². The SMILES string of the molecule is CCC(N)Cc1cnc(CSc2ccc(Br)cc2)nc1. The van der Waals surface area contributed by atoms with Crippen LogP contribution >= 0.6 is 27.7 Å². The zero-order valence-electron chi connectivity index (χ0n) is 11.4. The van der Waals surface area contributed by atoms with Gasteiger partial charge >= 0.3 is 0 Å². The van der Waals surface area contributed by atoms with Crippen LogP contribution in [0.4, 0.5) is 0 Å². The molecule has 5 heteroatoms. The summed E-state index contributed by atoms with van der Waals surface area (Å²) in [5, 5.41) is 0. The molecule has 0 saturated heterocycles. The predicted octanol–water partition coefficient (Wildman–Crippen LogP) is 3.81. The average Bonchev–Trinajstić information content (AvgIpc) is 2.48. The van der Waals surface area contributed by atoms with Gasteiger partial charge in [-0.15, -0.1) is 11.8 Å². The second-order valence-corrected chi connectivity index (χ2v) is 6.59. The Kier molecular flexibility index (Phi) is 6.01. The van der Waals surface area contributed by atoms with Gasteiger partial charge in [0, 0.05) is 27.8 Å². The molecule has 1 atom stereocenters. The van der Waals surface area contributed by atoms with E-state index in [9.17, 15) is 0 Å². The van der Waals surface area contributed by atoms with Gasteiger partial charge in [0.2, 0.25) is 0 Å². The Morgan fingerprint density at radius 1 is 1.20 bits per heavy atom. The van der Waals surface area contributed by atoms with Gasteiger partial charge in [0.25, 0.3) is 0 Å². The minimum absolute atomic E-state index is 0.196. The van der Waals surface area contributed by atoms with E-state index in [1.165, 1.54) is 4.90 Å². The Hall–Kier alpha value is -0.910. The third-order valence-corrected chi connectivity index (χ3v) is 4.50. The molecular weight excluding hydrogens is 334 g/mol. The number of nitrogens with zero attached hydrogens (tertiary/aromatic N) is 2. The number of rotatable bonds is 6. The molecule has 2 aromatic rings. The van der Waals surface area contributed by atoms with E-state index in [0.29, 0.717) is 0 Å². The summed E-state index contributed by atoms with van der Waals surface area (Å²) in [5.74, 6) is 1.63. The standard InChI is InChI=1S/C15H18BrN3S/c1-2-13(17)7-11-8-18-15(19-9-11)10-20-14-5-3-12(16)4-6-14/h3-6,8-9,13H,2,7,10,17H2,1H3. The maximum Gasteiger partial charge on any atom is 0.138 e. The molecular formula is C15H18BrN3S. The van der Waals surface area contributed by atoms with Gasteiger partial charge in [-0.05, 0) is 42.7 Å². The zero-order valence-corrected chi connectivity index (χ0v) is 13.8. The largest absolute Gasteiger partial charge is 0.327 e. The Balaban J connectivity index is 1.89. The van der Waals surface area contributed by atoms with Crippen LogP contribution in [0.1, 0.15) is 24.7 Å². The molecule has 3 nitrogen and oxygen atoms in total. The van der Waals surface area contributed by atoms with Crippen LogP contribution in [0.25, 0.3) is 0 Å². The molecule has 0 aliphatic heterocycles. The monoisotopic (exact) mass is 351 g/mol.